The molecule has 21 heavy (non-hydrogen) atoms. The van der Waals surface area contributed by atoms with Crippen LogP contribution in [0.4, 0.5) is 0 Å². The van der Waals surface area contributed by atoms with Crippen molar-refractivity contribution in [2.24, 2.45) is 0 Å². The van der Waals surface area contributed by atoms with Gasteiger partial charge in [0.2, 0.25) is 5.76 Å². The van der Waals surface area contributed by atoms with Gasteiger partial charge in [0.1, 0.15) is 11.5 Å². The third-order valence-corrected chi connectivity index (χ3v) is 3.26. The molecular formula is C17H20O4. The fourth-order valence-electron chi connectivity index (χ4n) is 2.09. The highest BCUT2D eigenvalue weighted by molar-refractivity contribution is 5.86. The summed E-state index contributed by atoms with van der Waals surface area (Å²) in [5.74, 6) is 1.48. The molecule has 4 heteroatoms. The predicted octanol–water partition coefficient (Wildman–Crippen LogP) is 4.33. The molecule has 112 valence electrons. The normalized spacial score (nSPS) is 12.2. The van der Waals surface area contributed by atoms with Crippen LogP contribution in [0.5, 0.6) is 5.75 Å². The Morgan fingerprint density at radius 3 is 2.48 bits per heavy atom. The Balaban J connectivity index is 2.16. The van der Waals surface area contributed by atoms with Crippen molar-refractivity contribution >= 4 is 5.97 Å². The molecule has 0 N–H and O–H groups in total. The number of hydrogen-bond donors (Lipinski definition) is 0. The Hall–Kier alpha value is -2.23. The number of furan rings is 1. The second kappa shape index (κ2) is 6.48. The van der Waals surface area contributed by atoms with Gasteiger partial charge in [-0.25, -0.2) is 4.79 Å². The van der Waals surface area contributed by atoms with Crippen LogP contribution < -0.4 is 4.74 Å². The van der Waals surface area contributed by atoms with Crippen molar-refractivity contribution in [3.05, 3.63) is 53.5 Å². The first-order valence-electron chi connectivity index (χ1n) is 6.96. The highest BCUT2D eigenvalue weighted by Gasteiger charge is 2.18. The van der Waals surface area contributed by atoms with Gasteiger partial charge in [-0.05, 0) is 36.6 Å². The minimum Gasteiger partial charge on any atom is -0.482 e. The van der Waals surface area contributed by atoms with Gasteiger partial charge in [0, 0.05) is 0 Å². The van der Waals surface area contributed by atoms with E-state index in [1.54, 1.807) is 12.1 Å². The smallest absolute Gasteiger partial charge is 0.373 e. The van der Waals surface area contributed by atoms with Crippen LogP contribution in [-0.4, -0.2) is 13.1 Å². The van der Waals surface area contributed by atoms with Gasteiger partial charge < -0.3 is 13.9 Å². The summed E-state index contributed by atoms with van der Waals surface area (Å²) in [7, 11) is 1.32. The molecule has 0 aliphatic heterocycles. The number of carbonyl (C=O) groups is 1. The van der Waals surface area contributed by atoms with Gasteiger partial charge in [0.25, 0.3) is 0 Å². The fourth-order valence-corrected chi connectivity index (χ4v) is 2.09. The minimum absolute atomic E-state index is 0.181. The van der Waals surface area contributed by atoms with E-state index in [4.69, 9.17) is 9.15 Å². The van der Waals surface area contributed by atoms with Crippen molar-refractivity contribution in [1.29, 1.82) is 0 Å². The Labute approximate surface area is 124 Å². The average Bonchev–Trinajstić information content (AvgIpc) is 2.96. The topological polar surface area (TPSA) is 48.7 Å². The lowest BCUT2D eigenvalue weighted by molar-refractivity contribution is 0.0558. The van der Waals surface area contributed by atoms with E-state index in [1.165, 1.54) is 7.11 Å². The molecule has 0 fully saturated rings. The fraction of sp³-hybridized carbons (Fsp3) is 0.353. The van der Waals surface area contributed by atoms with Crippen molar-refractivity contribution in [3.63, 3.8) is 0 Å². The Bertz CT molecular complexity index is 613. The molecule has 1 heterocycles. The first-order valence-corrected chi connectivity index (χ1v) is 6.96. The van der Waals surface area contributed by atoms with Crippen LogP contribution in [-0.2, 0) is 4.74 Å². The molecule has 0 spiro atoms. The summed E-state index contributed by atoms with van der Waals surface area (Å²) in [4.78, 5) is 11.4. The van der Waals surface area contributed by atoms with Gasteiger partial charge in [-0.2, -0.15) is 0 Å². The van der Waals surface area contributed by atoms with Crippen LogP contribution in [0.15, 0.2) is 40.8 Å². The highest BCUT2D eigenvalue weighted by atomic mass is 16.5. The Morgan fingerprint density at radius 2 is 1.81 bits per heavy atom. The van der Waals surface area contributed by atoms with Crippen LogP contribution >= 0.6 is 0 Å². The first kappa shape index (κ1) is 15.2. The molecule has 0 aliphatic carbocycles. The van der Waals surface area contributed by atoms with Crippen LogP contribution in [0.25, 0.3) is 0 Å². The van der Waals surface area contributed by atoms with Crippen molar-refractivity contribution in [3.8, 4) is 5.75 Å². The van der Waals surface area contributed by atoms with Crippen LogP contribution in [0.2, 0.25) is 0 Å². The SMILES string of the molecule is COC(=O)c1ccc(C(C)Oc2ccccc2C(C)C)o1. The number of benzene rings is 1. The van der Waals surface area contributed by atoms with Gasteiger partial charge in [-0.15, -0.1) is 0 Å². The van der Waals surface area contributed by atoms with Crippen molar-refractivity contribution < 1.29 is 18.7 Å². The van der Waals surface area contributed by atoms with Crippen LogP contribution in [0.1, 0.15) is 54.7 Å². The molecule has 0 aliphatic rings. The lowest BCUT2D eigenvalue weighted by atomic mass is 10.0. The predicted molar refractivity (Wildman–Crippen MR) is 79.6 cm³/mol. The Morgan fingerprint density at radius 1 is 1.10 bits per heavy atom. The summed E-state index contributed by atoms with van der Waals surface area (Å²) in [6.07, 6.45) is -0.289. The second-order valence-corrected chi connectivity index (χ2v) is 5.15. The third-order valence-electron chi connectivity index (χ3n) is 3.26. The molecule has 0 saturated heterocycles. The monoisotopic (exact) mass is 288 g/mol. The molecule has 0 radical (unpaired) electrons. The molecule has 4 nitrogen and oxygen atoms in total. The number of esters is 1. The van der Waals surface area contributed by atoms with Crippen molar-refractivity contribution in [1.82, 2.24) is 0 Å². The van der Waals surface area contributed by atoms with Crippen LogP contribution in [0.3, 0.4) is 0 Å². The maximum absolute atomic E-state index is 11.4. The average molecular weight is 288 g/mol. The van der Waals surface area contributed by atoms with Gasteiger partial charge >= 0.3 is 5.97 Å². The number of hydrogen-bond acceptors (Lipinski definition) is 4. The van der Waals surface area contributed by atoms with E-state index in [0.717, 1.165) is 11.3 Å². The molecule has 1 aromatic heterocycles. The van der Waals surface area contributed by atoms with Gasteiger partial charge in [-0.3, -0.25) is 0 Å². The maximum atomic E-state index is 11.4. The van der Waals surface area contributed by atoms with Crippen LogP contribution in [0, 0.1) is 0 Å². The minimum atomic E-state index is -0.490. The second-order valence-electron chi connectivity index (χ2n) is 5.15. The summed E-state index contributed by atoms with van der Waals surface area (Å²) in [5, 5.41) is 0. The number of para-hydroxylation sites is 1. The molecule has 0 amide bonds. The number of carbonyl (C=O) groups excluding carboxylic acids is 1. The molecule has 0 bridgehead atoms. The Kier molecular flexibility index (Phi) is 4.68. The van der Waals surface area contributed by atoms with E-state index >= 15 is 0 Å². The largest absolute Gasteiger partial charge is 0.482 e. The molecule has 2 rings (SSSR count). The quantitative estimate of drug-likeness (QED) is 0.768. The zero-order chi connectivity index (χ0) is 15.4. The third kappa shape index (κ3) is 3.45. The van der Waals surface area contributed by atoms with E-state index in [2.05, 4.69) is 24.7 Å². The maximum Gasteiger partial charge on any atom is 0.373 e. The van der Waals surface area contributed by atoms with E-state index in [0.29, 0.717) is 11.7 Å². The lowest BCUT2D eigenvalue weighted by Crippen LogP contribution is -2.05. The summed E-state index contributed by atoms with van der Waals surface area (Å²) in [5.41, 5.74) is 1.14. The summed E-state index contributed by atoms with van der Waals surface area (Å²) in [6.45, 7) is 6.13. The molecule has 1 atom stereocenters. The molecule has 0 saturated carbocycles. The van der Waals surface area contributed by atoms with Gasteiger partial charge in [-0.1, -0.05) is 32.0 Å². The number of methoxy groups -OCH3 is 1. The molecule has 1 unspecified atom stereocenters. The van der Waals surface area contributed by atoms with E-state index in [9.17, 15) is 4.79 Å². The molecule has 1 aromatic carbocycles. The zero-order valence-corrected chi connectivity index (χ0v) is 12.8. The summed E-state index contributed by atoms with van der Waals surface area (Å²) in [6, 6.07) is 11.3. The van der Waals surface area contributed by atoms with E-state index < -0.39 is 5.97 Å². The van der Waals surface area contributed by atoms with Gasteiger partial charge in [0.05, 0.1) is 7.11 Å². The van der Waals surface area contributed by atoms with Crippen molar-refractivity contribution in [2.75, 3.05) is 7.11 Å². The highest BCUT2D eigenvalue weighted by Crippen LogP contribution is 2.30. The van der Waals surface area contributed by atoms with E-state index in [-0.39, 0.29) is 11.9 Å². The number of ether oxygens (including phenoxy) is 2. The molecule has 2 aromatic rings. The van der Waals surface area contributed by atoms with Crippen molar-refractivity contribution in [2.45, 2.75) is 32.8 Å². The number of rotatable bonds is 5. The standard InChI is InChI=1S/C17H20O4/c1-11(2)13-7-5-6-8-15(13)20-12(3)14-9-10-16(21-14)17(18)19-4/h5-12H,1-4H3. The molecular weight excluding hydrogens is 268 g/mol. The summed E-state index contributed by atoms with van der Waals surface area (Å²) < 4.78 is 16.1. The van der Waals surface area contributed by atoms with Gasteiger partial charge in [0.15, 0.2) is 6.10 Å². The lowest BCUT2D eigenvalue weighted by Gasteiger charge is -2.17. The first-order chi connectivity index (χ1) is 10.0. The summed E-state index contributed by atoms with van der Waals surface area (Å²) >= 11 is 0. The zero-order valence-electron chi connectivity index (χ0n) is 12.8. The van der Waals surface area contributed by atoms with E-state index in [1.807, 2.05) is 25.1 Å².